The minimum absolute atomic E-state index is 0.297. The molecule has 7 heteroatoms. The predicted molar refractivity (Wildman–Crippen MR) is 112 cm³/mol. The van der Waals surface area contributed by atoms with Crippen LogP contribution in [0.4, 0.5) is 0 Å². The van der Waals surface area contributed by atoms with E-state index in [1.165, 1.54) is 4.57 Å². The number of fused-ring (bicyclic) bond motifs is 1. The number of aromatic nitrogens is 4. The summed E-state index contributed by atoms with van der Waals surface area (Å²) in [5.74, 6) is 1.36. The van der Waals surface area contributed by atoms with Gasteiger partial charge in [-0.3, -0.25) is 13.9 Å². The lowest BCUT2D eigenvalue weighted by atomic mass is 10.2. The first kappa shape index (κ1) is 19.7. The molecule has 0 spiro atoms. The number of nitrogens with zero attached hydrogens (tertiary/aromatic N) is 3. The van der Waals surface area contributed by atoms with Crippen LogP contribution in [-0.2, 0) is 13.1 Å². The molecule has 2 aromatic heterocycles. The smallest absolute Gasteiger partial charge is 0.332 e. The molecule has 0 saturated heterocycles. The summed E-state index contributed by atoms with van der Waals surface area (Å²) >= 11 is 0. The Bertz CT molecular complexity index is 1090. The van der Waals surface area contributed by atoms with Crippen molar-refractivity contribution < 1.29 is 4.74 Å². The Balaban J connectivity index is 2.01. The number of rotatable bonds is 8. The summed E-state index contributed by atoms with van der Waals surface area (Å²) in [6.45, 7) is 7.43. The maximum Gasteiger partial charge on any atom is 0.332 e. The van der Waals surface area contributed by atoms with Gasteiger partial charge in [0.1, 0.15) is 17.1 Å². The van der Waals surface area contributed by atoms with Crippen LogP contribution in [-0.4, -0.2) is 25.7 Å². The highest BCUT2D eigenvalue weighted by atomic mass is 16.5. The lowest BCUT2D eigenvalue weighted by Gasteiger charge is -2.09. The third-order valence-electron chi connectivity index (χ3n) is 4.40. The number of nitrogens with one attached hydrogen (secondary N) is 1. The first-order valence-corrected chi connectivity index (χ1v) is 9.73. The minimum atomic E-state index is -0.317. The van der Waals surface area contributed by atoms with Gasteiger partial charge in [0.15, 0.2) is 5.65 Å². The molecule has 0 amide bonds. The molecule has 0 saturated carbocycles. The van der Waals surface area contributed by atoms with E-state index in [9.17, 15) is 9.59 Å². The van der Waals surface area contributed by atoms with E-state index < -0.39 is 0 Å². The van der Waals surface area contributed by atoms with E-state index in [0.717, 1.165) is 17.7 Å². The van der Waals surface area contributed by atoms with Crippen molar-refractivity contribution in [1.82, 2.24) is 19.1 Å². The van der Waals surface area contributed by atoms with Crippen molar-refractivity contribution >= 4 is 23.3 Å². The van der Waals surface area contributed by atoms with Crippen LogP contribution in [0.3, 0.4) is 0 Å². The Kier molecular flexibility index (Phi) is 6.13. The van der Waals surface area contributed by atoms with Gasteiger partial charge >= 0.3 is 5.69 Å². The average Bonchev–Trinajstić information content (AvgIpc) is 3.12. The summed E-state index contributed by atoms with van der Waals surface area (Å²) in [6, 6.07) is 7.71. The zero-order valence-electron chi connectivity index (χ0n) is 16.6. The molecule has 28 heavy (non-hydrogen) atoms. The fourth-order valence-corrected chi connectivity index (χ4v) is 3.13. The van der Waals surface area contributed by atoms with Crippen LogP contribution in [0, 0.1) is 0 Å². The van der Waals surface area contributed by atoms with Gasteiger partial charge < -0.3 is 9.72 Å². The van der Waals surface area contributed by atoms with Crippen LogP contribution < -0.4 is 16.0 Å². The summed E-state index contributed by atoms with van der Waals surface area (Å²) in [5, 5.41) is 0. The SMILES string of the molecule is CCCn1c(=O)c2[nH]c(/C=C/c3ccc(OCC)cc3)nc2n(CCC)c1=O. The van der Waals surface area contributed by atoms with Gasteiger partial charge in [0.2, 0.25) is 0 Å². The molecule has 1 N–H and O–H groups in total. The second kappa shape index (κ2) is 8.73. The Morgan fingerprint density at radius 1 is 1.00 bits per heavy atom. The number of ether oxygens (including phenoxy) is 1. The van der Waals surface area contributed by atoms with E-state index in [-0.39, 0.29) is 11.2 Å². The first-order valence-electron chi connectivity index (χ1n) is 9.73. The lowest BCUT2D eigenvalue weighted by Crippen LogP contribution is -2.40. The summed E-state index contributed by atoms with van der Waals surface area (Å²) < 4.78 is 8.31. The van der Waals surface area contributed by atoms with Gasteiger partial charge in [-0.05, 0) is 43.5 Å². The molecular formula is C21H26N4O3. The largest absolute Gasteiger partial charge is 0.494 e. The van der Waals surface area contributed by atoms with Crippen LogP contribution in [0.25, 0.3) is 23.3 Å². The third-order valence-corrected chi connectivity index (χ3v) is 4.40. The Labute approximate surface area is 163 Å². The molecule has 0 atom stereocenters. The lowest BCUT2D eigenvalue weighted by molar-refractivity contribution is 0.340. The monoisotopic (exact) mass is 382 g/mol. The van der Waals surface area contributed by atoms with Gasteiger partial charge in [0.05, 0.1) is 6.61 Å². The molecule has 0 aliphatic rings. The zero-order valence-corrected chi connectivity index (χ0v) is 16.6. The van der Waals surface area contributed by atoms with Crippen LogP contribution in [0.1, 0.15) is 45.0 Å². The van der Waals surface area contributed by atoms with E-state index in [4.69, 9.17) is 4.74 Å². The maximum absolute atomic E-state index is 12.7. The number of aromatic amines is 1. The molecule has 1 aromatic carbocycles. The maximum atomic E-state index is 12.7. The average molecular weight is 382 g/mol. The van der Waals surface area contributed by atoms with Gasteiger partial charge in [0, 0.05) is 13.1 Å². The van der Waals surface area contributed by atoms with Gasteiger partial charge in [0.25, 0.3) is 5.56 Å². The van der Waals surface area contributed by atoms with E-state index in [2.05, 4.69) is 9.97 Å². The predicted octanol–water partition coefficient (Wildman–Crippen LogP) is 3.28. The molecule has 3 rings (SSSR count). The quantitative estimate of drug-likeness (QED) is 0.648. The van der Waals surface area contributed by atoms with E-state index in [1.54, 1.807) is 10.6 Å². The summed E-state index contributed by atoms with van der Waals surface area (Å²) in [4.78, 5) is 33.0. The van der Waals surface area contributed by atoms with Crippen molar-refractivity contribution in [3.05, 3.63) is 56.5 Å². The number of hydrogen-bond acceptors (Lipinski definition) is 4. The number of benzene rings is 1. The van der Waals surface area contributed by atoms with E-state index in [1.807, 2.05) is 51.1 Å². The molecule has 0 radical (unpaired) electrons. The molecule has 3 aromatic rings. The van der Waals surface area contributed by atoms with Crippen molar-refractivity contribution in [3.63, 3.8) is 0 Å². The van der Waals surface area contributed by atoms with Crippen molar-refractivity contribution in [2.24, 2.45) is 0 Å². The van der Waals surface area contributed by atoms with Crippen molar-refractivity contribution in [1.29, 1.82) is 0 Å². The molecule has 148 valence electrons. The standard InChI is InChI=1S/C21H26N4O3/c1-4-13-24-19-18(20(26)25(14-5-2)21(24)27)22-17(23-19)12-9-15-7-10-16(11-8-15)28-6-3/h7-12H,4-6,13-14H2,1-3H3,(H,22,23)/b12-9+. The highest BCUT2D eigenvalue weighted by Gasteiger charge is 2.15. The number of aryl methyl sites for hydroxylation is 1. The second-order valence-corrected chi connectivity index (χ2v) is 6.55. The van der Waals surface area contributed by atoms with Crippen LogP contribution >= 0.6 is 0 Å². The van der Waals surface area contributed by atoms with Crippen LogP contribution in [0.15, 0.2) is 33.9 Å². The van der Waals surface area contributed by atoms with E-state index in [0.29, 0.717) is 43.1 Å². The summed E-state index contributed by atoms with van der Waals surface area (Å²) in [5.41, 5.74) is 1.15. The molecule has 0 aliphatic carbocycles. The summed E-state index contributed by atoms with van der Waals surface area (Å²) in [7, 11) is 0. The Hall–Kier alpha value is -3.09. The van der Waals surface area contributed by atoms with Crippen molar-refractivity contribution in [2.45, 2.75) is 46.7 Å². The zero-order chi connectivity index (χ0) is 20.1. The summed E-state index contributed by atoms with van der Waals surface area (Å²) in [6.07, 6.45) is 5.20. The van der Waals surface area contributed by atoms with Crippen molar-refractivity contribution in [3.8, 4) is 5.75 Å². The number of imidazole rings is 1. The van der Waals surface area contributed by atoms with Crippen LogP contribution in [0.5, 0.6) is 5.75 Å². The van der Waals surface area contributed by atoms with Gasteiger partial charge in [-0.25, -0.2) is 9.78 Å². The number of H-pyrrole nitrogens is 1. The molecule has 0 fully saturated rings. The fourth-order valence-electron chi connectivity index (χ4n) is 3.13. The van der Waals surface area contributed by atoms with Gasteiger partial charge in [-0.1, -0.05) is 32.1 Å². The highest BCUT2D eigenvalue weighted by molar-refractivity contribution is 5.75. The molecule has 0 unspecified atom stereocenters. The van der Waals surface area contributed by atoms with Gasteiger partial charge in [-0.15, -0.1) is 0 Å². The highest BCUT2D eigenvalue weighted by Crippen LogP contribution is 2.15. The van der Waals surface area contributed by atoms with Crippen molar-refractivity contribution in [2.75, 3.05) is 6.61 Å². The first-order chi connectivity index (χ1) is 13.6. The normalized spacial score (nSPS) is 11.5. The number of hydrogen-bond donors (Lipinski definition) is 1. The molecule has 0 aliphatic heterocycles. The third kappa shape index (κ3) is 3.93. The minimum Gasteiger partial charge on any atom is -0.494 e. The van der Waals surface area contributed by atoms with Gasteiger partial charge in [-0.2, -0.15) is 0 Å². The molecular weight excluding hydrogens is 356 g/mol. The fraction of sp³-hybridized carbons (Fsp3) is 0.381. The Morgan fingerprint density at radius 2 is 1.68 bits per heavy atom. The Morgan fingerprint density at radius 3 is 2.32 bits per heavy atom. The molecule has 7 nitrogen and oxygen atoms in total. The second-order valence-electron chi connectivity index (χ2n) is 6.55. The van der Waals surface area contributed by atoms with Crippen LogP contribution in [0.2, 0.25) is 0 Å². The van der Waals surface area contributed by atoms with E-state index >= 15 is 0 Å². The molecule has 2 heterocycles. The topological polar surface area (TPSA) is 81.9 Å². The molecule has 0 bridgehead atoms.